The van der Waals surface area contributed by atoms with Crippen LogP contribution in [0.25, 0.3) is 0 Å². The van der Waals surface area contributed by atoms with Crippen LogP contribution in [-0.4, -0.2) is 11.0 Å². The highest BCUT2D eigenvalue weighted by atomic mass is 32.2. The van der Waals surface area contributed by atoms with Gasteiger partial charge in [0.05, 0.1) is 5.25 Å². The Bertz CT molecular complexity index is 629. The number of ketones is 1. The van der Waals surface area contributed by atoms with Crippen LogP contribution in [0.1, 0.15) is 40.9 Å². The molecule has 0 aliphatic rings. The minimum atomic E-state index is -0.0698. The average Bonchev–Trinajstić information content (AvgIpc) is 2.50. The van der Waals surface area contributed by atoms with E-state index in [1.807, 2.05) is 31.2 Å². The lowest BCUT2D eigenvalue weighted by Gasteiger charge is -2.12. The first-order valence-corrected chi connectivity index (χ1v) is 8.26. The molecule has 21 heavy (non-hydrogen) atoms. The van der Waals surface area contributed by atoms with Gasteiger partial charge in [0.2, 0.25) is 0 Å². The second kappa shape index (κ2) is 6.95. The van der Waals surface area contributed by atoms with Crippen molar-refractivity contribution in [3.05, 3.63) is 64.7 Å². The number of rotatable bonds is 5. The largest absolute Gasteiger partial charge is 0.293 e. The van der Waals surface area contributed by atoms with Gasteiger partial charge in [-0.3, -0.25) is 4.79 Å². The van der Waals surface area contributed by atoms with Gasteiger partial charge in [-0.1, -0.05) is 37.3 Å². The van der Waals surface area contributed by atoms with Gasteiger partial charge in [-0.15, -0.1) is 11.8 Å². The van der Waals surface area contributed by atoms with Crippen molar-refractivity contribution in [1.29, 1.82) is 0 Å². The van der Waals surface area contributed by atoms with Crippen molar-refractivity contribution in [2.45, 2.75) is 44.3 Å². The standard InChI is InChI=1S/C19H22OS/c1-5-16-7-9-17(10-8-16)19(20)15(4)21-18-11-6-13(2)14(3)12-18/h6-12,15H,5H2,1-4H3. The third kappa shape index (κ3) is 3.98. The summed E-state index contributed by atoms with van der Waals surface area (Å²) in [5.41, 5.74) is 4.62. The van der Waals surface area contributed by atoms with E-state index in [4.69, 9.17) is 0 Å². The van der Waals surface area contributed by atoms with Crippen molar-refractivity contribution < 1.29 is 4.79 Å². The topological polar surface area (TPSA) is 17.1 Å². The zero-order valence-corrected chi connectivity index (χ0v) is 14.0. The first-order valence-electron chi connectivity index (χ1n) is 7.38. The molecule has 110 valence electrons. The highest BCUT2D eigenvalue weighted by Crippen LogP contribution is 2.27. The van der Waals surface area contributed by atoms with E-state index in [-0.39, 0.29) is 11.0 Å². The predicted molar refractivity (Wildman–Crippen MR) is 91.4 cm³/mol. The molecule has 0 radical (unpaired) electrons. The maximum absolute atomic E-state index is 12.5. The van der Waals surface area contributed by atoms with Crippen LogP contribution in [0.2, 0.25) is 0 Å². The summed E-state index contributed by atoms with van der Waals surface area (Å²) in [4.78, 5) is 13.6. The van der Waals surface area contributed by atoms with Gasteiger partial charge in [-0.2, -0.15) is 0 Å². The molecule has 0 aliphatic heterocycles. The molecule has 0 spiro atoms. The first-order chi connectivity index (χ1) is 10.0. The predicted octanol–water partition coefficient (Wildman–Crippen LogP) is 5.23. The van der Waals surface area contributed by atoms with E-state index >= 15 is 0 Å². The van der Waals surface area contributed by atoms with Crippen molar-refractivity contribution in [1.82, 2.24) is 0 Å². The summed E-state index contributed by atoms with van der Waals surface area (Å²) in [6, 6.07) is 14.3. The molecule has 2 heteroatoms. The van der Waals surface area contributed by atoms with E-state index in [0.29, 0.717) is 0 Å². The number of Topliss-reactive ketones (excluding diaryl/α,β-unsaturated/α-hetero) is 1. The Morgan fingerprint density at radius 3 is 2.29 bits per heavy atom. The fourth-order valence-corrected chi connectivity index (χ4v) is 3.23. The molecule has 0 saturated heterocycles. The van der Waals surface area contributed by atoms with Gasteiger partial charge in [-0.25, -0.2) is 0 Å². The molecule has 1 unspecified atom stereocenters. The Labute approximate surface area is 131 Å². The third-order valence-electron chi connectivity index (χ3n) is 3.81. The average molecular weight is 298 g/mol. The van der Waals surface area contributed by atoms with Crippen molar-refractivity contribution in [3.63, 3.8) is 0 Å². The number of carbonyl (C=O) groups is 1. The summed E-state index contributed by atoms with van der Waals surface area (Å²) in [5, 5.41) is -0.0698. The van der Waals surface area contributed by atoms with E-state index in [9.17, 15) is 4.79 Å². The van der Waals surface area contributed by atoms with Gasteiger partial charge in [0.1, 0.15) is 0 Å². The third-order valence-corrected chi connectivity index (χ3v) is 4.90. The Kier molecular flexibility index (Phi) is 5.24. The molecule has 0 fully saturated rings. The Morgan fingerprint density at radius 1 is 1.05 bits per heavy atom. The van der Waals surface area contributed by atoms with Gasteiger partial charge in [0.25, 0.3) is 0 Å². The van der Waals surface area contributed by atoms with Crippen LogP contribution in [0.4, 0.5) is 0 Å². The zero-order valence-electron chi connectivity index (χ0n) is 13.1. The van der Waals surface area contributed by atoms with E-state index in [1.165, 1.54) is 16.7 Å². The van der Waals surface area contributed by atoms with Crippen LogP contribution in [-0.2, 0) is 6.42 Å². The molecule has 0 amide bonds. The van der Waals surface area contributed by atoms with E-state index in [0.717, 1.165) is 16.9 Å². The Hall–Kier alpha value is -1.54. The quantitative estimate of drug-likeness (QED) is 0.555. The fraction of sp³-hybridized carbons (Fsp3) is 0.316. The number of hydrogen-bond acceptors (Lipinski definition) is 2. The smallest absolute Gasteiger partial charge is 0.175 e. The molecule has 0 bridgehead atoms. The molecule has 2 aromatic carbocycles. The summed E-state index contributed by atoms with van der Waals surface area (Å²) < 4.78 is 0. The molecular formula is C19H22OS. The number of benzene rings is 2. The number of hydrogen-bond donors (Lipinski definition) is 0. The van der Waals surface area contributed by atoms with E-state index < -0.39 is 0 Å². The van der Waals surface area contributed by atoms with Crippen LogP contribution >= 0.6 is 11.8 Å². The molecule has 0 saturated carbocycles. The molecule has 0 heterocycles. The highest BCUT2D eigenvalue weighted by Gasteiger charge is 2.16. The van der Waals surface area contributed by atoms with Gasteiger partial charge >= 0.3 is 0 Å². The summed E-state index contributed by atoms with van der Waals surface area (Å²) in [5.74, 6) is 0.195. The maximum atomic E-state index is 12.5. The molecule has 1 atom stereocenters. The number of thioether (sulfide) groups is 1. The molecule has 0 aromatic heterocycles. The van der Waals surface area contributed by atoms with Crippen LogP contribution in [0.3, 0.4) is 0 Å². The lowest BCUT2D eigenvalue weighted by molar-refractivity contribution is 0.0994. The second-order valence-electron chi connectivity index (χ2n) is 5.42. The minimum absolute atomic E-state index is 0.0698. The Balaban J connectivity index is 2.09. The fourth-order valence-electron chi connectivity index (χ4n) is 2.18. The lowest BCUT2D eigenvalue weighted by atomic mass is 10.1. The molecule has 0 N–H and O–H groups in total. The zero-order chi connectivity index (χ0) is 15.4. The van der Waals surface area contributed by atoms with Gasteiger partial charge in [0.15, 0.2) is 5.78 Å². The van der Waals surface area contributed by atoms with Crippen LogP contribution in [0.5, 0.6) is 0 Å². The van der Waals surface area contributed by atoms with E-state index in [2.05, 4.69) is 39.0 Å². The van der Waals surface area contributed by atoms with Crippen LogP contribution < -0.4 is 0 Å². The first kappa shape index (κ1) is 15.8. The SMILES string of the molecule is CCc1ccc(C(=O)C(C)Sc2ccc(C)c(C)c2)cc1. The van der Waals surface area contributed by atoms with Crippen LogP contribution in [0.15, 0.2) is 47.4 Å². The minimum Gasteiger partial charge on any atom is -0.293 e. The Morgan fingerprint density at radius 2 is 1.71 bits per heavy atom. The molecule has 1 nitrogen and oxygen atoms in total. The van der Waals surface area contributed by atoms with Crippen molar-refractivity contribution >= 4 is 17.5 Å². The summed E-state index contributed by atoms with van der Waals surface area (Å²) in [6.45, 7) is 8.31. The van der Waals surface area contributed by atoms with Gasteiger partial charge < -0.3 is 0 Å². The van der Waals surface area contributed by atoms with Crippen molar-refractivity contribution in [2.24, 2.45) is 0 Å². The van der Waals surface area contributed by atoms with Crippen molar-refractivity contribution in [3.8, 4) is 0 Å². The highest BCUT2D eigenvalue weighted by molar-refractivity contribution is 8.00. The number of carbonyl (C=O) groups excluding carboxylic acids is 1. The molecule has 2 rings (SSSR count). The molecule has 2 aromatic rings. The molecular weight excluding hydrogens is 276 g/mol. The van der Waals surface area contributed by atoms with Gasteiger partial charge in [0, 0.05) is 10.5 Å². The summed E-state index contributed by atoms with van der Waals surface area (Å²) in [7, 11) is 0. The van der Waals surface area contributed by atoms with Gasteiger partial charge in [-0.05, 0) is 56.0 Å². The summed E-state index contributed by atoms with van der Waals surface area (Å²) >= 11 is 1.63. The normalized spacial score (nSPS) is 12.2. The second-order valence-corrected chi connectivity index (χ2v) is 6.84. The number of aryl methyl sites for hydroxylation is 3. The molecule has 0 aliphatic carbocycles. The maximum Gasteiger partial charge on any atom is 0.175 e. The van der Waals surface area contributed by atoms with Crippen molar-refractivity contribution in [2.75, 3.05) is 0 Å². The van der Waals surface area contributed by atoms with E-state index in [1.54, 1.807) is 11.8 Å². The monoisotopic (exact) mass is 298 g/mol. The summed E-state index contributed by atoms with van der Waals surface area (Å²) in [6.07, 6.45) is 1.00. The van der Waals surface area contributed by atoms with Crippen LogP contribution in [0, 0.1) is 13.8 Å². The lowest BCUT2D eigenvalue weighted by Crippen LogP contribution is -2.13.